The molecule has 3 aromatic heterocycles. The summed E-state index contributed by atoms with van der Waals surface area (Å²) in [7, 11) is 0. The molecule has 0 bridgehead atoms. The van der Waals surface area contributed by atoms with Crippen molar-refractivity contribution >= 4 is 22.6 Å². The minimum absolute atomic E-state index is 0.540. The van der Waals surface area contributed by atoms with E-state index in [0.717, 1.165) is 33.5 Å². The van der Waals surface area contributed by atoms with Gasteiger partial charge in [0.15, 0.2) is 0 Å². The molecule has 1 aromatic carbocycles. The van der Waals surface area contributed by atoms with E-state index in [1.165, 1.54) is 6.33 Å². The van der Waals surface area contributed by atoms with Crippen molar-refractivity contribution in [3.05, 3.63) is 65.3 Å². The van der Waals surface area contributed by atoms with E-state index in [1.807, 2.05) is 54.2 Å². The predicted octanol–water partition coefficient (Wildman–Crippen LogP) is 4.25. The van der Waals surface area contributed by atoms with E-state index >= 15 is 0 Å². The number of aryl methyl sites for hydroxylation is 1. The van der Waals surface area contributed by atoms with Crippen LogP contribution in [0.1, 0.15) is 11.3 Å². The second-order valence-electron chi connectivity index (χ2n) is 5.49. The summed E-state index contributed by atoms with van der Waals surface area (Å²) in [5, 5.41) is 11.1. The molecule has 0 aliphatic rings. The van der Waals surface area contributed by atoms with Crippen molar-refractivity contribution in [2.45, 2.75) is 6.92 Å². The number of nitriles is 1. The Bertz CT molecular complexity index is 1100. The SMILES string of the molecule is Cc1cc(Cl)ccc1-n1cc(-c2ncnc3[nH]ccc23)cc1C#N. The molecular formula is C18H12ClN5. The zero-order valence-electron chi connectivity index (χ0n) is 12.8. The molecule has 0 radical (unpaired) electrons. The lowest BCUT2D eigenvalue weighted by Crippen LogP contribution is -1.97. The molecule has 24 heavy (non-hydrogen) atoms. The van der Waals surface area contributed by atoms with Crippen molar-refractivity contribution in [2.24, 2.45) is 0 Å². The Labute approximate surface area is 143 Å². The Hall–Kier alpha value is -3.10. The van der Waals surface area contributed by atoms with Gasteiger partial charge in [-0.05, 0) is 42.8 Å². The van der Waals surface area contributed by atoms with E-state index in [1.54, 1.807) is 0 Å². The van der Waals surface area contributed by atoms with Gasteiger partial charge in [-0.3, -0.25) is 0 Å². The fraction of sp³-hybridized carbons (Fsp3) is 0.0556. The van der Waals surface area contributed by atoms with Gasteiger partial charge in [0.25, 0.3) is 0 Å². The highest BCUT2D eigenvalue weighted by Gasteiger charge is 2.14. The van der Waals surface area contributed by atoms with Gasteiger partial charge in [-0.2, -0.15) is 5.26 Å². The van der Waals surface area contributed by atoms with Crippen LogP contribution in [0.4, 0.5) is 0 Å². The molecule has 0 spiro atoms. The number of aromatic nitrogens is 4. The van der Waals surface area contributed by atoms with Crippen molar-refractivity contribution in [3.8, 4) is 23.0 Å². The van der Waals surface area contributed by atoms with Crippen LogP contribution in [0, 0.1) is 18.3 Å². The monoisotopic (exact) mass is 333 g/mol. The maximum atomic E-state index is 9.52. The number of nitrogens with one attached hydrogen (secondary N) is 1. The van der Waals surface area contributed by atoms with Gasteiger partial charge < -0.3 is 9.55 Å². The Balaban J connectivity index is 1.93. The maximum Gasteiger partial charge on any atom is 0.141 e. The van der Waals surface area contributed by atoms with Gasteiger partial charge in [0.05, 0.1) is 5.69 Å². The quantitative estimate of drug-likeness (QED) is 0.596. The second kappa shape index (κ2) is 5.52. The Morgan fingerprint density at radius 3 is 2.88 bits per heavy atom. The molecule has 5 nitrogen and oxygen atoms in total. The fourth-order valence-electron chi connectivity index (χ4n) is 2.87. The molecule has 4 aromatic rings. The average Bonchev–Trinajstić information content (AvgIpc) is 3.21. The van der Waals surface area contributed by atoms with Crippen LogP contribution in [0.3, 0.4) is 0 Å². The second-order valence-corrected chi connectivity index (χ2v) is 5.93. The van der Waals surface area contributed by atoms with Crippen molar-refractivity contribution in [1.29, 1.82) is 5.26 Å². The maximum absolute atomic E-state index is 9.52. The molecular weight excluding hydrogens is 322 g/mol. The third-order valence-corrected chi connectivity index (χ3v) is 4.22. The largest absolute Gasteiger partial charge is 0.346 e. The van der Waals surface area contributed by atoms with Crippen LogP contribution in [0.15, 0.2) is 49.1 Å². The van der Waals surface area contributed by atoms with Crippen LogP contribution in [-0.2, 0) is 0 Å². The summed E-state index contributed by atoms with van der Waals surface area (Å²) in [5.41, 5.74) is 4.89. The molecule has 0 aliphatic carbocycles. The van der Waals surface area contributed by atoms with Gasteiger partial charge in [-0.1, -0.05) is 11.6 Å². The van der Waals surface area contributed by atoms with E-state index < -0.39 is 0 Å². The van der Waals surface area contributed by atoms with Gasteiger partial charge in [0.1, 0.15) is 23.7 Å². The standard InChI is InChI=1S/C18H12ClN5/c1-11-6-13(19)2-3-16(11)24-9-12(7-14(24)8-20)17-15-4-5-21-18(15)23-10-22-17/h2-7,9-10H,1H3,(H,21,22,23). The van der Waals surface area contributed by atoms with E-state index in [4.69, 9.17) is 11.6 Å². The lowest BCUT2D eigenvalue weighted by Gasteiger charge is -2.08. The number of fused-ring (bicyclic) bond motifs is 1. The van der Waals surface area contributed by atoms with Gasteiger partial charge in [-0.15, -0.1) is 0 Å². The summed E-state index contributed by atoms with van der Waals surface area (Å²) in [4.78, 5) is 11.7. The molecule has 3 heterocycles. The van der Waals surface area contributed by atoms with Crippen LogP contribution >= 0.6 is 11.6 Å². The molecule has 4 rings (SSSR count). The molecule has 0 unspecified atom stereocenters. The smallest absolute Gasteiger partial charge is 0.141 e. The first-order chi connectivity index (χ1) is 11.7. The molecule has 6 heteroatoms. The third-order valence-electron chi connectivity index (χ3n) is 3.98. The number of rotatable bonds is 2. The van der Waals surface area contributed by atoms with Gasteiger partial charge in [0.2, 0.25) is 0 Å². The van der Waals surface area contributed by atoms with Crippen LogP contribution in [-0.4, -0.2) is 19.5 Å². The van der Waals surface area contributed by atoms with Crippen LogP contribution in [0.5, 0.6) is 0 Å². The number of hydrogen-bond donors (Lipinski definition) is 1. The molecule has 0 saturated heterocycles. The van der Waals surface area contributed by atoms with E-state index in [2.05, 4.69) is 21.0 Å². The Morgan fingerprint density at radius 1 is 1.21 bits per heavy atom. The van der Waals surface area contributed by atoms with Crippen molar-refractivity contribution in [1.82, 2.24) is 19.5 Å². The van der Waals surface area contributed by atoms with Crippen LogP contribution in [0.2, 0.25) is 5.02 Å². The summed E-state index contributed by atoms with van der Waals surface area (Å²) in [6.45, 7) is 1.97. The number of benzene rings is 1. The van der Waals surface area contributed by atoms with Crippen molar-refractivity contribution in [3.63, 3.8) is 0 Å². The number of aromatic amines is 1. The minimum Gasteiger partial charge on any atom is -0.346 e. The molecule has 0 aliphatic heterocycles. The first-order valence-electron chi connectivity index (χ1n) is 7.35. The van der Waals surface area contributed by atoms with E-state index in [0.29, 0.717) is 10.7 Å². The first kappa shape index (κ1) is 14.5. The predicted molar refractivity (Wildman–Crippen MR) is 93.1 cm³/mol. The highest BCUT2D eigenvalue weighted by molar-refractivity contribution is 6.30. The lowest BCUT2D eigenvalue weighted by atomic mass is 10.1. The molecule has 0 saturated carbocycles. The third kappa shape index (κ3) is 2.25. The molecule has 0 atom stereocenters. The lowest BCUT2D eigenvalue weighted by molar-refractivity contribution is 1.03. The number of H-pyrrole nitrogens is 1. The number of nitrogens with zero attached hydrogens (tertiary/aromatic N) is 4. The summed E-state index contributed by atoms with van der Waals surface area (Å²) in [6, 6.07) is 11.6. The number of halogens is 1. The molecule has 116 valence electrons. The minimum atomic E-state index is 0.540. The van der Waals surface area contributed by atoms with Gasteiger partial charge in [-0.25, -0.2) is 9.97 Å². The average molecular weight is 334 g/mol. The summed E-state index contributed by atoms with van der Waals surface area (Å²) < 4.78 is 1.86. The number of hydrogen-bond acceptors (Lipinski definition) is 3. The summed E-state index contributed by atoms with van der Waals surface area (Å²) in [5.74, 6) is 0. The van der Waals surface area contributed by atoms with Gasteiger partial charge in [0, 0.05) is 34.1 Å². The highest BCUT2D eigenvalue weighted by Crippen LogP contribution is 2.29. The Morgan fingerprint density at radius 2 is 2.08 bits per heavy atom. The normalized spacial score (nSPS) is 10.9. The topological polar surface area (TPSA) is 70.3 Å². The fourth-order valence-corrected chi connectivity index (χ4v) is 3.10. The zero-order valence-corrected chi connectivity index (χ0v) is 13.5. The van der Waals surface area contributed by atoms with Crippen molar-refractivity contribution < 1.29 is 0 Å². The van der Waals surface area contributed by atoms with E-state index in [9.17, 15) is 5.26 Å². The van der Waals surface area contributed by atoms with E-state index in [-0.39, 0.29) is 0 Å². The van der Waals surface area contributed by atoms with Crippen LogP contribution in [0.25, 0.3) is 28.0 Å². The van der Waals surface area contributed by atoms with Crippen LogP contribution < -0.4 is 0 Å². The first-order valence-corrected chi connectivity index (χ1v) is 7.72. The zero-order chi connectivity index (χ0) is 16.7. The molecule has 0 amide bonds. The van der Waals surface area contributed by atoms with Crippen molar-refractivity contribution in [2.75, 3.05) is 0 Å². The van der Waals surface area contributed by atoms with Gasteiger partial charge >= 0.3 is 0 Å². The summed E-state index contributed by atoms with van der Waals surface area (Å²) in [6.07, 6.45) is 5.27. The Kier molecular flexibility index (Phi) is 3.33. The molecule has 1 N–H and O–H groups in total. The summed E-state index contributed by atoms with van der Waals surface area (Å²) >= 11 is 6.04. The highest BCUT2D eigenvalue weighted by atomic mass is 35.5. The molecule has 0 fully saturated rings.